The van der Waals surface area contributed by atoms with Crippen molar-refractivity contribution < 1.29 is 26.3 Å². The van der Waals surface area contributed by atoms with Crippen molar-refractivity contribution in [2.24, 2.45) is 0 Å². The zero-order valence-electron chi connectivity index (χ0n) is 15.0. The number of benzene rings is 3. The lowest BCUT2D eigenvalue weighted by Crippen LogP contribution is -2.61. The summed E-state index contributed by atoms with van der Waals surface area (Å²) in [5, 5.41) is 0. The molecule has 0 atom stereocenters. The van der Waals surface area contributed by atoms with Crippen molar-refractivity contribution in [1.29, 1.82) is 0 Å². The summed E-state index contributed by atoms with van der Waals surface area (Å²) in [6, 6.07) is 13.0. The van der Waals surface area contributed by atoms with Crippen molar-refractivity contribution in [3.8, 4) is 0 Å². The average Bonchev–Trinajstić information content (AvgIpc) is 2.65. The van der Waals surface area contributed by atoms with E-state index in [1.165, 1.54) is 24.3 Å². The first-order valence-corrected chi connectivity index (χ1v) is 9.13. The first-order valence-electron chi connectivity index (χ1n) is 9.13. The summed E-state index contributed by atoms with van der Waals surface area (Å²) in [4.78, 5) is 0. The zero-order valence-corrected chi connectivity index (χ0v) is 15.0. The lowest BCUT2D eigenvalue weighted by molar-refractivity contribution is -0.138. The number of fused-ring (bicyclic) bond motifs is 4. The summed E-state index contributed by atoms with van der Waals surface area (Å²) < 4.78 is 79.2. The number of alkyl halides is 6. The van der Waals surface area contributed by atoms with Gasteiger partial charge in [-0.05, 0) is 47.2 Å². The van der Waals surface area contributed by atoms with Crippen molar-refractivity contribution in [3.63, 3.8) is 0 Å². The van der Waals surface area contributed by atoms with Crippen LogP contribution in [0, 0.1) is 0 Å². The Labute approximate surface area is 163 Å². The molecule has 0 bridgehead atoms. The third-order valence-corrected chi connectivity index (χ3v) is 5.90. The predicted octanol–water partition coefficient (Wildman–Crippen LogP) is 4.05. The van der Waals surface area contributed by atoms with Crippen LogP contribution in [0.5, 0.6) is 0 Å². The fourth-order valence-electron chi connectivity index (χ4n) is 4.67. The Balaban J connectivity index is 1.73. The van der Waals surface area contributed by atoms with E-state index in [0.717, 1.165) is 39.6 Å². The van der Waals surface area contributed by atoms with Gasteiger partial charge in [0.05, 0.1) is 11.1 Å². The van der Waals surface area contributed by atoms with Crippen LogP contribution >= 0.6 is 0 Å². The third kappa shape index (κ3) is 2.86. The number of halogens is 6. The van der Waals surface area contributed by atoms with E-state index in [0.29, 0.717) is 24.0 Å². The molecule has 5 rings (SSSR count). The number of rotatable bonds is 0. The molecule has 0 unspecified atom stereocenters. The summed E-state index contributed by atoms with van der Waals surface area (Å²) in [6.07, 6.45) is -8.11. The van der Waals surface area contributed by atoms with Gasteiger partial charge < -0.3 is 0 Å². The van der Waals surface area contributed by atoms with E-state index in [4.69, 9.17) is 0 Å². The Hall–Kier alpha value is -2.70. The Morgan fingerprint density at radius 2 is 1.03 bits per heavy atom. The molecule has 0 N–H and O–H groups in total. The van der Waals surface area contributed by atoms with Gasteiger partial charge in [0.1, 0.15) is 0 Å². The van der Waals surface area contributed by atoms with Gasteiger partial charge in [0.15, 0.2) is 0 Å². The smallest absolute Gasteiger partial charge is 0.166 e. The Bertz CT molecular complexity index is 1060. The Morgan fingerprint density at radius 3 is 1.45 bits per heavy atom. The highest BCUT2D eigenvalue weighted by Crippen LogP contribution is 2.33. The number of hydrogen-bond acceptors (Lipinski definition) is 0. The van der Waals surface area contributed by atoms with Crippen molar-refractivity contribution >= 4 is 23.1 Å². The van der Waals surface area contributed by atoms with Gasteiger partial charge in [-0.25, -0.2) is 0 Å². The van der Waals surface area contributed by atoms with E-state index >= 15 is 0 Å². The molecule has 2 aliphatic heterocycles. The zero-order chi connectivity index (χ0) is 20.6. The van der Waals surface area contributed by atoms with Gasteiger partial charge in [-0.1, -0.05) is 58.9 Å². The van der Waals surface area contributed by atoms with Crippen molar-refractivity contribution in [2.75, 3.05) is 0 Å². The molecule has 0 saturated carbocycles. The second-order valence-electron chi connectivity index (χ2n) is 7.60. The summed E-state index contributed by atoms with van der Waals surface area (Å²) >= 11 is 0. The summed E-state index contributed by atoms with van der Waals surface area (Å²) in [6.45, 7) is -0.349. The maximum Gasteiger partial charge on any atom is 0.416 e. The topological polar surface area (TPSA) is 0 Å². The van der Waals surface area contributed by atoms with E-state index in [-0.39, 0.29) is 6.71 Å². The second kappa shape index (κ2) is 5.91. The van der Waals surface area contributed by atoms with Gasteiger partial charge in [0, 0.05) is 0 Å². The normalized spacial score (nSPS) is 14.9. The van der Waals surface area contributed by atoms with Crippen LogP contribution in [0.3, 0.4) is 0 Å². The van der Waals surface area contributed by atoms with Gasteiger partial charge in [0.2, 0.25) is 6.71 Å². The van der Waals surface area contributed by atoms with Crippen LogP contribution in [0.2, 0.25) is 0 Å². The molecule has 0 aromatic heterocycles. The lowest BCUT2D eigenvalue weighted by Gasteiger charge is -2.34. The van der Waals surface area contributed by atoms with Gasteiger partial charge in [-0.3, -0.25) is 0 Å². The molecule has 0 fully saturated rings. The highest BCUT2D eigenvalue weighted by molar-refractivity contribution is 6.97. The van der Waals surface area contributed by atoms with E-state index in [1.807, 2.05) is 18.2 Å². The van der Waals surface area contributed by atoms with Gasteiger partial charge >= 0.3 is 12.4 Å². The largest absolute Gasteiger partial charge is 0.416 e. The van der Waals surface area contributed by atoms with Crippen molar-refractivity contribution in [2.45, 2.75) is 25.2 Å². The van der Waals surface area contributed by atoms with Crippen LogP contribution < -0.4 is 16.4 Å². The maximum absolute atomic E-state index is 13.2. The highest BCUT2D eigenvalue weighted by atomic mass is 19.4. The van der Waals surface area contributed by atoms with Gasteiger partial charge in [-0.15, -0.1) is 0 Å². The van der Waals surface area contributed by atoms with E-state index < -0.39 is 23.5 Å². The maximum atomic E-state index is 13.2. The Kier molecular flexibility index (Phi) is 3.74. The number of hydrogen-bond donors (Lipinski definition) is 0. The molecule has 7 heteroatoms. The molecular formula is C22H13BF6. The molecule has 0 radical (unpaired) electrons. The first kappa shape index (κ1) is 18.3. The fourth-order valence-corrected chi connectivity index (χ4v) is 4.67. The molecule has 146 valence electrons. The SMILES string of the molecule is FC(F)(F)c1ccc2c(c1)Cc1cccc3c1B2c1ccc(C(F)(F)F)cc1C3. The summed E-state index contributed by atoms with van der Waals surface area (Å²) in [7, 11) is 0. The van der Waals surface area contributed by atoms with Crippen LogP contribution in [0.4, 0.5) is 26.3 Å². The minimum atomic E-state index is -4.44. The fraction of sp³-hybridized carbons (Fsp3) is 0.182. The molecule has 0 saturated heterocycles. The standard InChI is InChI=1S/C22H13BF6/c24-21(25,26)16-4-6-18-14(10-16)8-12-2-1-3-13-9-15-11-17(22(27,28)29)5-7-19(15)23(18)20(12)13/h1-7,10-11H,8-9H2. The van der Waals surface area contributed by atoms with E-state index in [9.17, 15) is 26.3 Å². The van der Waals surface area contributed by atoms with Crippen LogP contribution in [0.1, 0.15) is 33.4 Å². The molecule has 2 heterocycles. The van der Waals surface area contributed by atoms with Gasteiger partial charge in [-0.2, -0.15) is 26.3 Å². The molecule has 3 aromatic carbocycles. The molecule has 0 nitrogen and oxygen atoms in total. The van der Waals surface area contributed by atoms with E-state index in [2.05, 4.69) is 0 Å². The lowest BCUT2D eigenvalue weighted by atomic mass is 9.30. The predicted molar refractivity (Wildman–Crippen MR) is 99.6 cm³/mol. The minimum Gasteiger partial charge on any atom is -0.166 e. The Morgan fingerprint density at radius 1 is 0.586 bits per heavy atom. The van der Waals surface area contributed by atoms with Crippen LogP contribution in [0.25, 0.3) is 0 Å². The molecule has 2 aliphatic rings. The van der Waals surface area contributed by atoms with Crippen molar-refractivity contribution in [1.82, 2.24) is 0 Å². The third-order valence-electron chi connectivity index (χ3n) is 5.90. The first-order chi connectivity index (χ1) is 13.6. The minimum absolute atomic E-state index is 0.349. The van der Waals surface area contributed by atoms with Crippen LogP contribution in [-0.4, -0.2) is 6.71 Å². The second-order valence-corrected chi connectivity index (χ2v) is 7.60. The molecule has 29 heavy (non-hydrogen) atoms. The quantitative estimate of drug-likeness (QED) is 0.271. The molecule has 0 spiro atoms. The highest BCUT2D eigenvalue weighted by Gasteiger charge is 2.40. The molecule has 0 aliphatic carbocycles. The van der Waals surface area contributed by atoms with Crippen LogP contribution in [0.15, 0.2) is 54.6 Å². The molecule has 3 aromatic rings. The van der Waals surface area contributed by atoms with Gasteiger partial charge in [0.25, 0.3) is 0 Å². The molecular weight excluding hydrogens is 389 g/mol. The van der Waals surface area contributed by atoms with E-state index in [1.54, 1.807) is 0 Å². The monoisotopic (exact) mass is 402 g/mol. The molecule has 0 amide bonds. The van der Waals surface area contributed by atoms with Crippen molar-refractivity contribution in [3.05, 3.63) is 88.0 Å². The average molecular weight is 402 g/mol. The summed E-state index contributed by atoms with van der Waals surface area (Å²) in [5.41, 5.74) is 4.09. The summed E-state index contributed by atoms with van der Waals surface area (Å²) in [5.74, 6) is 0. The van der Waals surface area contributed by atoms with Crippen LogP contribution in [-0.2, 0) is 25.2 Å².